The smallest absolute Gasteiger partial charge is 0.252 e. The van der Waals surface area contributed by atoms with Gasteiger partial charge in [-0.05, 0) is 18.2 Å². The standard InChI is InChI=1S/C13H19F3N2O2S/c1-9(2)17-7-10-6-11(4-5-12(10)14)21(19,20)18(3)8-13(15)16/h4-6,9,13,17H,7-8H2,1-3H3. The molecule has 120 valence electrons. The molecule has 0 fully saturated rings. The van der Waals surface area contributed by atoms with Crippen LogP contribution in [0.3, 0.4) is 0 Å². The van der Waals surface area contributed by atoms with Gasteiger partial charge in [0.1, 0.15) is 5.82 Å². The first kappa shape index (κ1) is 17.9. The minimum atomic E-state index is -4.05. The molecule has 0 radical (unpaired) electrons. The van der Waals surface area contributed by atoms with E-state index in [1.165, 1.54) is 6.07 Å². The Hall–Kier alpha value is -1.12. The van der Waals surface area contributed by atoms with Crippen LogP contribution >= 0.6 is 0 Å². The van der Waals surface area contributed by atoms with Crippen LogP contribution in [0.1, 0.15) is 19.4 Å². The van der Waals surface area contributed by atoms with Crippen molar-refractivity contribution in [3.8, 4) is 0 Å². The predicted octanol–water partition coefficient (Wildman–Crippen LogP) is 2.21. The number of nitrogens with zero attached hydrogens (tertiary/aromatic N) is 1. The van der Waals surface area contributed by atoms with E-state index >= 15 is 0 Å². The lowest BCUT2D eigenvalue weighted by Gasteiger charge is -2.17. The highest BCUT2D eigenvalue weighted by atomic mass is 32.2. The van der Waals surface area contributed by atoms with Gasteiger partial charge in [0, 0.05) is 25.2 Å². The van der Waals surface area contributed by atoms with Crippen molar-refractivity contribution in [2.45, 2.75) is 37.8 Å². The van der Waals surface area contributed by atoms with Gasteiger partial charge in [0.15, 0.2) is 0 Å². The molecule has 0 amide bonds. The van der Waals surface area contributed by atoms with Crippen LogP contribution in [0.25, 0.3) is 0 Å². The van der Waals surface area contributed by atoms with Gasteiger partial charge in [0.2, 0.25) is 10.0 Å². The Morgan fingerprint density at radius 3 is 2.43 bits per heavy atom. The molecule has 0 bridgehead atoms. The van der Waals surface area contributed by atoms with Crippen LogP contribution in [-0.4, -0.2) is 38.8 Å². The van der Waals surface area contributed by atoms with Crippen molar-refractivity contribution >= 4 is 10.0 Å². The third-order valence-corrected chi connectivity index (χ3v) is 4.64. The van der Waals surface area contributed by atoms with Crippen molar-refractivity contribution in [1.82, 2.24) is 9.62 Å². The fraction of sp³-hybridized carbons (Fsp3) is 0.538. The van der Waals surface area contributed by atoms with Crippen molar-refractivity contribution in [1.29, 1.82) is 0 Å². The summed E-state index contributed by atoms with van der Waals surface area (Å²) in [7, 11) is -2.99. The second-order valence-corrected chi connectivity index (χ2v) is 7.01. The Bertz CT molecular complexity index is 577. The summed E-state index contributed by atoms with van der Waals surface area (Å²) in [5.74, 6) is -0.543. The third-order valence-electron chi connectivity index (χ3n) is 2.82. The molecule has 0 atom stereocenters. The molecule has 8 heteroatoms. The maximum absolute atomic E-state index is 13.7. The normalized spacial score (nSPS) is 12.6. The van der Waals surface area contributed by atoms with Crippen molar-refractivity contribution in [3.63, 3.8) is 0 Å². The summed E-state index contributed by atoms with van der Waals surface area (Å²) in [4.78, 5) is -0.201. The van der Waals surface area contributed by atoms with E-state index in [0.717, 1.165) is 19.2 Å². The predicted molar refractivity (Wildman–Crippen MR) is 74.2 cm³/mol. The van der Waals surface area contributed by atoms with E-state index in [1.54, 1.807) is 0 Å². The molecule has 0 aliphatic rings. The van der Waals surface area contributed by atoms with E-state index < -0.39 is 28.8 Å². The van der Waals surface area contributed by atoms with Crippen LogP contribution in [0, 0.1) is 5.82 Å². The number of alkyl halides is 2. The molecule has 1 rings (SSSR count). The summed E-state index contributed by atoms with van der Waals surface area (Å²) >= 11 is 0. The summed E-state index contributed by atoms with van der Waals surface area (Å²) in [5, 5.41) is 2.97. The second-order valence-electron chi connectivity index (χ2n) is 4.97. The van der Waals surface area contributed by atoms with Gasteiger partial charge in [-0.1, -0.05) is 13.8 Å². The van der Waals surface area contributed by atoms with Crippen molar-refractivity contribution in [2.24, 2.45) is 0 Å². The van der Waals surface area contributed by atoms with Crippen molar-refractivity contribution in [3.05, 3.63) is 29.6 Å². The molecule has 0 spiro atoms. The van der Waals surface area contributed by atoms with E-state index in [1.807, 2.05) is 13.8 Å². The molecule has 0 aliphatic carbocycles. The number of hydrogen-bond acceptors (Lipinski definition) is 3. The number of halogens is 3. The van der Waals surface area contributed by atoms with E-state index in [9.17, 15) is 21.6 Å². The molecule has 0 heterocycles. The first-order valence-electron chi connectivity index (χ1n) is 6.41. The van der Waals surface area contributed by atoms with Gasteiger partial charge >= 0.3 is 0 Å². The SMILES string of the molecule is CC(C)NCc1cc(S(=O)(=O)N(C)CC(F)F)ccc1F. The van der Waals surface area contributed by atoms with Gasteiger partial charge in [-0.25, -0.2) is 21.6 Å². The molecular formula is C13H19F3N2O2S. The third kappa shape index (κ3) is 4.98. The minimum absolute atomic E-state index is 0.103. The fourth-order valence-electron chi connectivity index (χ4n) is 1.63. The zero-order valence-corrected chi connectivity index (χ0v) is 12.9. The second kappa shape index (κ2) is 7.24. The molecule has 0 saturated heterocycles. The van der Waals surface area contributed by atoms with Crippen molar-refractivity contribution < 1.29 is 21.6 Å². The first-order valence-corrected chi connectivity index (χ1v) is 7.85. The highest BCUT2D eigenvalue weighted by Crippen LogP contribution is 2.19. The molecule has 0 aliphatic heterocycles. The average molecular weight is 324 g/mol. The average Bonchev–Trinajstić information content (AvgIpc) is 2.36. The lowest BCUT2D eigenvalue weighted by atomic mass is 10.2. The van der Waals surface area contributed by atoms with Crippen molar-refractivity contribution in [2.75, 3.05) is 13.6 Å². The maximum atomic E-state index is 13.7. The largest absolute Gasteiger partial charge is 0.310 e. The van der Waals surface area contributed by atoms with Gasteiger partial charge in [-0.3, -0.25) is 0 Å². The first-order chi connectivity index (χ1) is 9.64. The quantitative estimate of drug-likeness (QED) is 0.836. The zero-order valence-electron chi connectivity index (χ0n) is 12.1. The van der Waals surface area contributed by atoms with Crippen LogP contribution in [0.5, 0.6) is 0 Å². The topological polar surface area (TPSA) is 49.4 Å². The molecule has 0 saturated carbocycles. The summed E-state index contributed by atoms with van der Waals surface area (Å²) in [6, 6.07) is 3.37. The van der Waals surface area contributed by atoms with Gasteiger partial charge < -0.3 is 5.32 Å². The van der Waals surface area contributed by atoms with Crippen LogP contribution in [0.2, 0.25) is 0 Å². The molecule has 21 heavy (non-hydrogen) atoms. The Morgan fingerprint density at radius 2 is 1.90 bits per heavy atom. The van der Waals surface area contributed by atoms with E-state index in [0.29, 0.717) is 4.31 Å². The van der Waals surface area contributed by atoms with E-state index in [-0.39, 0.29) is 23.0 Å². The van der Waals surface area contributed by atoms with Crippen LogP contribution in [0.4, 0.5) is 13.2 Å². The number of rotatable bonds is 7. The Labute approximate surface area is 123 Å². The summed E-state index contributed by atoms with van der Waals surface area (Å²) < 4.78 is 63.1. The number of hydrogen-bond donors (Lipinski definition) is 1. The Kier molecular flexibility index (Phi) is 6.18. The number of nitrogens with one attached hydrogen (secondary N) is 1. The van der Waals surface area contributed by atoms with E-state index in [4.69, 9.17) is 0 Å². The Morgan fingerprint density at radius 1 is 1.29 bits per heavy atom. The van der Waals surface area contributed by atoms with Gasteiger partial charge in [0.25, 0.3) is 6.43 Å². The zero-order chi connectivity index (χ0) is 16.2. The summed E-state index contributed by atoms with van der Waals surface area (Å²) in [5.41, 5.74) is 0.176. The highest BCUT2D eigenvalue weighted by Gasteiger charge is 2.24. The monoisotopic (exact) mass is 324 g/mol. The van der Waals surface area contributed by atoms with Gasteiger partial charge in [-0.2, -0.15) is 4.31 Å². The molecular weight excluding hydrogens is 305 g/mol. The molecule has 0 unspecified atom stereocenters. The molecule has 1 aromatic carbocycles. The Balaban J connectivity index is 3.05. The summed E-state index contributed by atoms with van der Waals surface area (Å²) in [6.45, 7) is 2.99. The van der Waals surface area contributed by atoms with Gasteiger partial charge in [0.05, 0.1) is 11.4 Å². The van der Waals surface area contributed by atoms with Crippen LogP contribution in [0.15, 0.2) is 23.1 Å². The minimum Gasteiger partial charge on any atom is -0.310 e. The maximum Gasteiger partial charge on any atom is 0.252 e. The molecule has 4 nitrogen and oxygen atoms in total. The molecule has 1 N–H and O–H groups in total. The van der Waals surface area contributed by atoms with Gasteiger partial charge in [-0.15, -0.1) is 0 Å². The highest BCUT2D eigenvalue weighted by molar-refractivity contribution is 7.89. The lowest BCUT2D eigenvalue weighted by Crippen LogP contribution is -2.31. The summed E-state index contributed by atoms with van der Waals surface area (Å²) in [6.07, 6.45) is -2.77. The van der Waals surface area contributed by atoms with E-state index in [2.05, 4.69) is 5.32 Å². The number of sulfonamides is 1. The molecule has 1 aromatic rings. The van der Waals surface area contributed by atoms with Crippen LogP contribution in [-0.2, 0) is 16.6 Å². The fourth-order valence-corrected chi connectivity index (χ4v) is 2.83. The van der Waals surface area contributed by atoms with Crippen LogP contribution < -0.4 is 5.32 Å². The lowest BCUT2D eigenvalue weighted by molar-refractivity contribution is 0.126. The molecule has 0 aromatic heterocycles. The number of benzene rings is 1.